The molecule has 0 radical (unpaired) electrons. The van der Waals surface area contributed by atoms with Gasteiger partial charge in [0, 0.05) is 6.04 Å². The molecule has 2 N–H and O–H groups in total. The number of carbonyl (C=O) groups is 2. The highest BCUT2D eigenvalue weighted by Gasteiger charge is 2.25. The van der Waals surface area contributed by atoms with E-state index in [0.29, 0.717) is 12.2 Å². The third kappa shape index (κ3) is 4.08. The molecule has 0 heterocycles. The van der Waals surface area contributed by atoms with Crippen LogP contribution in [0.1, 0.15) is 17.5 Å². The monoisotopic (exact) mass is 289 g/mol. The lowest BCUT2D eigenvalue weighted by atomic mass is 10.1. The van der Waals surface area contributed by atoms with Crippen molar-refractivity contribution >= 4 is 11.9 Å². The van der Waals surface area contributed by atoms with Crippen molar-refractivity contribution in [2.24, 2.45) is 5.92 Å². The summed E-state index contributed by atoms with van der Waals surface area (Å²) in [5.41, 5.74) is 2.04. The summed E-state index contributed by atoms with van der Waals surface area (Å²) in [4.78, 5) is 22.7. The number of hydrogen-bond donors (Lipinski definition) is 2. The number of benzene rings is 1. The Labute approximate surface area is 123 Å². The quantitative estimate of drug-likeness (QED) is 0.811. The van der Waals surface area contributed by atoms with Crippen LogP contribution in [0.4, 0.5) is 0 Å². The zero-order valence-electron chi connectivity index (χ0n) is 12.1. The molecule has 2 rings (SSSR count). The van der Waals surface area contributed by atoms with Gasteiger partial charge in [-0.1, -0.05) is 24.3 Å². The molecule has 0 spiro atoms. The molecule has 1 amide bonds. The van der Waals surface area contributed by atoms with Crippen molar-refractivity contribution in [3.05, 3.63) is 41.5 Å². The van der Waals surface area contributed by atoms with Gasteiger partial charge in [0.05, 0.1) is 5.92 Å². The van der Waals surface area contributed by atoms with Gasteiger partial charge in [-0.3, -0.25) is 9.59 Å². The second kappa shape index (κ2) is 6.43. The summed E-state index contributed by atoms with van der Waals surface area (Å²) >= 11 is 0. The fourth-order valence-corrected chi connectivity index (χ4v) is 2.24. The van der Waals surface area contributed by atoms with Crippen molar-refractivity contribution in [3.63, 3.8) is 0 Å². The van der Waals surface area contributed by atoms with E-state index in [1.165, 1.54) is 0 Å². The van der Waals surface area contributed by atoms with Gasteiger partial charge in [0.2, 0.25) is 0 Å². The average Bonchev–Trinajstić information content (AvgIpc) is 2.88. The van der Waals surface area contributed by atoms with Gasteiger partial charge < -0.3 is 15.2 Å². The van der Waals surface area contributed by atoms with Crippen LogP contribution < -0.4 is 10.1 Å². The average molecular weight is 289 g/mol. The molecule has 1 aromatic carbocycles. The summed E-state index contributed by atoms with van der Waals surface area (Å²) in [6, 6.07) is 5.58. The topological polar surface area (TPSA) is 75.6 Å². The molecule has 0 bridgehead atoms. The number of ether oxygens (including phenoxy) is 1. The number of carbonyl (C=O) groups excluding carboxylic acids is 1. The van der Waals surface area contributed by atoms with Crippen molar-refractivity contribution in [2.75, 3.05) is 6.61 Å². The zero-order chi connectivity index (χ0) is 15.4. The molecule has 1 aromatic rings. The number of rotatable bonds is 5. The largest absolute Gasteiger partial charge is 0.483 e. The first kappa shape index (κ1) is 15.1. The Balaban J connectivity index is 1.82. The first-order valence-corrected chi connectivity index (χ1v) is 6.86. The number of aliphatic carboxylic acids is 1. The fraction of sp³-hybridized carbons (Fsp3) is 0.375. The number of carboxylic acids is 1. The van der Waals surface area contributed by atoms with Gasteiger partial charge in [0.25, 0.3) is 5.91 Å². The summed E-state index contributed by atoms with van der Waals surface area (Å²) in [6.45, 7) is 3.80. The highest BCUT2D eigenvalue weighted by Crippen LogP contribution is 2.20. The maximum absolute atomic E-state index is 11.8. The molecule has 5 heteroatoms. The van der Waals surface area contributed by atoms with Crippen molar-refractivity contribution in [3.8, 4) is 5.75 Å². The molecule has 1 aliphatic carbocycles. The van der Waals surface area contributed by atoms with Gasteiger partial charge in [0.15, 0.2) is 6.61 Å². The minimum atomic E-state index is -0.866. The zero-order valence-corrected chi connectivity index (χ0v) is 12.1. The number of carboxylic acid groups (broad SMARTS) is 1. The molecule has 0 saturated carbocycles. The molecular weight excluding hydrogens is 270 g/mol. The van der Waals surface area contributed by atoms with Crippen LogP contribution in [0.25, 0.3) is 0 Å². The van der Waals surface area contributed by atoms with E-state index in [9.17, 15) is 9.59 Å². The van der Waals surface area contributed by atoms with E-state index in [-0.39, 0.29) is 18.6 Å². The van der Waals surface area contributed by atoms with E-state index in [0.717, 1.165) is 11.1 Å². The number of nitrogens with one attached hydrogen (secondary N) is 1. The molecule has 0 saturated heterocycles. The first-order chi connectivity index (χ1) is 9.95. The highest BCUT2D eigenvalue weighted by molar-refractivity contribution is 5.79. The highest BCUT2D eigenvalue weighted by atomic mass is 16.5. The van der Waals surface area contributed by atoms with Crippen LogP contribution in [0, 0.1) is 19.8 Å². The van der Waals surface area contributed by atoms with E-state index in [4.69, 9.17) is 9.84 Å². The maximum Gasteiger partial charge on any atom is 0.310 e. The molecule has 21 heavy (non-hydrogen) atoms. The van der Waals surface area contributed by atoms with E-state index in [2.05, 4.69) is 5.32 Å². The second-order valence-electron chi connectivity index (χ2n) is 5.30. The van der Waals surface area contributed by atoms with Crippen LogP contribution in [0.2, 0.25) is 0 Å². The number of aryl methyl sites for hydroxylation is 2. The molecule has 0 aliphatic heterocycles. The molecule has 1 aliphatic rings. The first-order valence-electron chi connectivity index (χ1n) is 6.86. The Bertz CT molecular complexity index is 580. The lowest BCUT2D eigenvalue weighted by Gasteiger charge is -2.14. The molecular formula is C16H19NO4. The standard InChI is InChI=1S/C16H19NO4/c1-10-3-4-11(2)14(7-10)21-9-15(18)17-13-6-5-12(8-13)16(19)20/h3-7,12-13H,8-9H2,1-2H3,(H,17,18)(H,19,20). The SMILES string of the molecule is Cc1ccc(C)c(OCC(=O)NC2C=CC(C(=O)O)C2)c1. The number of hydrogen-bond acceptors (Lipinski definition) is 3. The van der Waals surface area contributed by atoms with Gasteiger partial charge >= 0.3 is 5.97 Å². The maximum atomic E-state index is 11.8. The number of amides is 1. The Morgan fingerprint density at radius 3 is 2.76 bits per heavy atom. The van der Waals surface area contributed by atoms with Crippen molar-refractivity contribution in [1.29, 1.82) is 0 Å². The molecule has 2 atom stereocenters. The minimum Gasteiger partial charge on any atom is -0.483 e. The van der Waals surface area contributed by atoms with Crippen LogP contribution in [-0.4, -0.2) is 29.6 Å². The van der Waals surface area contributed by atoms with Gasteiger partial charge in [-0.25, -0.2) is 0 Å². The van der Waals surface area contributed by atoms with Crippen molar-refractivity contribution < 1.29 is 19.4 Å². The van der Waals surface area contributed by atoms with Gasteiger partial charge in [-0.2, -0.15) is 0 Å². The Kier molecular flexibility index (Phi) is 4.62. The van der Waals surface area contributed by atoms with Crippen molar-refractivity contribution in [2.45, 2.75) is 26.3 Å². The second-order valence-corrected chi connectivity index (χ2v) is 5.30. The summed E-state index contributed by atoms with van der Waals surface area (Å²) < 4.78 is 5.51. The summed E-state index contributed by atoms with van der Waals surface area (Å²) in [5.74, 6) is -0.947. The van der Waals surface area contributed by atoms with E-state index in [1.54, 1.807) is 12.2 Å². The van der Waals surface area contributed by atoms with E-state index < -0.39 is 11.9 Å². The predicted molar refractivity (Wildman–Crippen MR) is 78.2 cm³/mol. The van der Waals surface area contributed by atoms with Gasteiger partial charge in [0.1, 0.15) is 5.75 Å². The van der Waals surface area contributed by atoms with Crippen molar-refractivity contribution in [1.82, 2.24) is 5.32 Å². The summed E-state index contributed by atoms with van der Waals surface area (Å²) in [5, 5.41) is 11.6. The molecule has 0 fully saturated rings. The fourth-order valence-electron chi connectivity index (χ4n) is 2.24. The van der Waals surface area contributed by atoms with Crippen LogP contribution in [-0.2, 0) is 9.59 Å². The smallest absolute Gasteiger partial charge is 0.310 e. The molecule has 2 unspecified atom stereocenters. The van der Waals surface area contributed by atoms with Crippen LogP contribution in [0.3, 0.4) is 0 Å². The predicted octanol–water partition coefficient (Wildman–Crippen LogP) is 1.83. The van der Waals surface area contributed by atoms with Crippen LogP contribution in [0.5, 0.6) is 5.75 Å². The molecule has 5 nitrogen and oxygen atoms in total. The Morgan fingerprint density at radius 1 is 1.33 bits per heavy atom. The van der Waals surface area contributed by atoms with Crippen LogP contribution >= 0.6 is 0 Å². The lowest BCUT2D eigenvalue weighted by molar-refractivity contribution is -0.140. The molecule has 0 aromatic heterocycles. The van der Waals surface area contributed by atoms with E-state index >= 15 is 0 Å². The summed E-state index contributed by atoms with van der Waals surface area (Å²) in [7, 11) is 0. The van der Waals surface area contributed by atoms with E-state index in [1.807, 2.05) is 32.0 Å². The van der Waals surface area contributed by atoms with Gasteiger partial charge in [-0.15, -0.1) is 0 Å². The lowest BCUT2D eigenvalue weighted by Crippen LogP contribution is -2.36. The summed E-state index contributed by atoms with van der Waals surface area (Å²) in [6.07, 6.45) is 3.72. The Hall–Kier alpha value is -2.30. The third-order valence-electron chi connectivity index (χ3n) is 3.45. The molecule has 112 valence electrons. The Morgan fingerprint density at radius 2 is 2.10 bits per heavy atom. The van der Waals surface area contributed by atoms with Crippen LogP contribution in [0.15, 0.2) is 30.4 Å². The normalized spacial score (nSPS) is 20.3. The minimum absolute atomic E-state index is 0.0770. The third-order valence-corrected chi connectivity index (χ3v) is 3.45. The van der Waals surface area contributed by atoms with Gasteiger partial charge in [-0.05, 0) is 37.5 Å².